The molecule has 0 bridgehead atoms. The van der Waals surface area contributed by atoms with Crippen molar-refractivity contribution in [2.24, 2.45) is 0 Å². The Labute approximate surface area is 423 Å². The summed E-state index contributed by atoms with van der Waals surface area (Å²) in [6.45, 7) is 4.03. The highest BCUT2D eigenvalue weighted by Crippen LogP contribution is 2.44. The Morgan fingerprint density at radius 2 is 0.753 bits per heavy atom. The lowest BCUT2D eigenvalue weighted by atomic mass is 9.75. The van der Waals surface area contributed by atoms with E-state index in [1.807, 2.05) is 92.7 Å². The summed E-state index contributed by atoms with van der Waals surface area (Å²) in [5.41, 5.74) is 14.1. The van der Waals surface area contributed by atoms with Crippen molar-refractivity contribution >= 4 is 43.6 Å². The number of hydrogen-bond acceptors (Lipinski definition) is 4. The topological polar surface area (TPSA) is 105 Å². The summed E-state index contributed by atoms with van der Waals surface area (Å²) in [5, 5.41) is 48.5. The van der Waals surface area contributed by atoms with Crippen molar-refractivity contribution in [3.8, 4) is 69.0 Å². The summed E-state index contributed by atoms with van der Waals surface area (Å²) in [6, 6.07) is 73.9. The molecular weight excluding hydrogens is 889 g/mol. The maximum absolute atomic E-state index is 11.1. The fraction of sp³-hybridized carbons (Fsp3) is 0.0746. The molecular formula is C67H44N6. The van der Waals surface area contributed by atoms with Gasteiger partial charge < -0.3 is 9.13 Å². The van der Waals surface area contributed by atoms with Crippen molar-refractivity contribution in [1.82, 2.24) is 9.13 Å². The SMILES string of the molecule is CC(C)(c1cc(C#N)c(-n2c3ccc(-c4ccccc4)cc3c3cc(-c4ccccc4)ccc32)c(C#N)c1)c1cc(C#N)c(-n2c3ccc(-c4ccccc4)cc3c3cc(C4C=CC=CC4)ccc32)c(C#N)c1. The molecule has 0 saturated carbocycles. The molecule has 0 spiro atoms. The zero-order chi connectivity index (χ0) is 49.8. The van der Waals surface area contributed by atoms with Gasteiger partial charge in [-0.2, -0.15) is 21.0 Å². The summed E-state index contributed by atoms with van der Waals surface area (Å²) in [4.78, 5) is 0. The van der Waals surface area contributed by atoms with Gasteiger partial charge in [0.1, 0.15) is 24.3 Å². The molecule has 73 heavy (non-hydrogen) atoms. The fourth-order valence-corrected chi connectivity index (χ4v) is 11.0. The number of nitrogens with zero attached hydrogens (tertiary/aromatic N) is 6. The Bertz CT molecular complexity index is 4130. The molecule has 1 aliphatic carbocycles. The molecule has 0 radical (unpaired) electrons. The van der Waals surface area contributed by atoms with Gasteiger partial charge in [0.05, 0.1) is 55.7 Å². The number of rotatable bonds is 8. The molecule has 0 amide bonds. The molecule has 1 unspecified atom stereocenters. The van der Waals surface area contributed by atoms with Crippen LogP contribution in [-0.2, 0) is 5.41 Å². The second kappa shape index (κ2) is 17.8. The van der Waals surface area contributed by atoms with Gasteiger partial charge in [0, 0.05) is 32.9 Å². The van der Waals surface area contributed by atoms with Gasteiger partial charge in [0.2, 0.25) is 0 Å². The van der Waals surface area contributed by atoms with Crippen molar-refractivity contribution in [1.29, 1.82) is 21.0 Å². The lowest BCUT2D eigenvalue weighted by Crippen LogP contribution is -2.21. The zero-order valence-electron chi connectivity index (χ0n) is 40.2. The predicted molar refractivity (Wildman–Crippen MR) is 294 cm³/mol. The van der Waals surface area contributed by atoms with E-state index in [-0.39, 0.29) is 5.92 Å². The highest BCUT2D eigenvalue weighted by molar-refractivity contribution is 6.13. The minimum atomic E-state index is -0.871. The lowest BCUT2D eigenvalue weighted by molar-refractivity contribution is 0.639. The third kappa shape index (κ3) is 7.38. The minimum Gasteiger partial charge on any atom is -0.307 e. The van der Waals surface area contributed by atoms with Gasteiger partial charge >= 0.3 is 0 Å². The van der Waals surface area contributed by atoms with Gasteiger partial charge in [-0.05, 0) is 129 Å². The molecule has 1 atom stereocenters. The average molecular weight is 933 g/mol. The lowest BCUT2D eigenvalue weighted by Gasteiger charge is -2.28. The molecule has 2 heterocycles. The molecule has 9 aromatic carbocycles. The van der Waals surface area contributed by atoms with Crippen molar-refractivity contribution in [2.75, 3.05) is 0 Å². The summed E-state index contributed by atoms with van der Waals surface area (Å²) < 4.78 is 4.13. The minimum absolute atomic E-state index is 0.233. The summed E-state index contributed by atoms with van der Waals surface area (Å²) >= 11 is 0. The van der Waals surface area contributed by atoms with E-state index in [2.05, 4.69) is 167 Å². The van der Waals surface area contributed by atoms with Crippen LogP contribution in [0.15, 0.2) is 212 Å². The van der Waals surface area contributed by atoms with Crippen molar-refractivity contribution in [2.45, 2.75) is 31.6 Å². The fourth-order valence-electron chi connectivity index (χ4n) is 11.0. The average Bonchev–Trinajstić information content (AvgIpc) is 3.95. The van der Waals surface area contributed by atoms with Gasteiger partial charge in [0.15, 0.2) is 0 Å². The molecule has 6 nitrogen and oxygen atoms in total. The first-order chi connectivity index (χ1) is 35.8. The van der Waals surface area contributed by atoms with E-state index in [1.54, 1.807) is 0 Å². The van der Waals surface area contributed by atoms with Crippen LogP contribution < -0.4 is 0 Å². The number of hydrogen-bond donors (Lipinski definition) is 0. The van der Waals surface area contributed by atoms with E-state index < -0.39 is 5.41 Å². The highest BCUT2D eigenvalue weighted by Gasteiger charge is 2.31. The second-order valence-corrected chi connectivity index (χ2v) is 19.3. The molecule has 2 aromatic heterocycles. The third-order valence-electron chi connectivity index (χ3n) is 14.9. The second-order valence-electron chi connectivity index (χ2n) is 19.3. The Morgan fingerprint density at radius 3 is 1.10 bits per heavy atom. The largest absolute Gasteiger partial charge is 0.307 e. The first kappa shape index (κ1) is 44.2. The molecule has 12 rings (SSSR count). The van der Waals surface area contributed by atoms with Crippen LogP contribution in [0.25, 0.3) is 88.4 Å². The standard InChI is InChI=1S/C67H44N6/c1-67(2,55-31-51(39-68)65(52(32-55)40-69)72-61-27-23-47(43-15-7-3-8-16-43)35-57(61)58-36-48(24-28-62(58)72)44-17-9-4-10-18-44)56-33-53(41-70)66(54(34-56)42-71)73-63-29-25-49(45-19-11-5-12-20-45)37-59(63)60-38-50(26-30-64(60)73)46-21-13-6-14-22-46/h3-21,23-38,46H,22H2,1-2H3. The van der Waals surface area contributed by atoms with Crippen LogP contribution in [0.3, 0.4) is 0 Å². The van der Waals surface area contributed by atoms with Crippen molar-refractivity contribution < 1.29 is 0 Å². The number of fused-ring (bicyclic) bond motifs is 6. The predicted octanol–water partition coefficient (Wildman–Crippen LogP) is 16.3. The van der Waals surface area contributed by atoms with E-state index >= 15 is 0 Å². The summed E-state index contributed by atoms with van der Waals surface area (Å²) in [6.07, 6.45) is 9.52. The maximum Gasteiger partial charge on any atom is 0.101 e. The molecule has 11 aromatic rings. The van der Waals surface area contributed by atoms with Crippen LogP contribution >= 0.6 is 0 Å². The third-order valence-corrected chi connectivity index (χ3v) is 14.9. The summed E-state index contributed by atoms with van der Waals surface area (Å²) in [5.74, 6) is 0.233. The van der Waals surface area contributed by atoms with Gasteiger partial charge in [-0.25, -0.2) is 0 Å². The van der Waals surface area contributed by atoms with E-state index in [1.165, 1.54) is 5.56 Å². The van der Waals surface area contributed by atoms with Crippen LogP contribution in [0.5, 0.6) is 0 Å². The Kier molecular flexibility index (Phi) is 10.8. The Morgan fingerprint density at radius 1 is 0.397 bits per heavy atom. The molecule has 0 saturated heterocycles. The quantitative estimate of drug-likeness (QED) is 0.151. The van der Waals surface area contributed by atoms with E-state index in [9.17, 15) is 21.0 Å². The number of benzene rings is 9. The Balaban J connectivity index is 1.01. The monoisotopic (exact) mass is 932 g/mol. The molecule has 0 N–H and O–H groups in total. The van der Waals surface area contributed by atoms with Crippen LogP contribution in [0.2, 0.25) is 0 Å². The molecule has 342 valence electrons. The van der Waals surface area contributed by atoms with Gasteiger partial charge in [-0.3, -0.25) is 0 Å². The van der Waals surface area contributed by atoms with Crippen LogP contribution in [0.1, 0.15) is 65.1 Å². The number of aromatic nitrogens is 2. The van der Waals surface area contributed by atoms with Gasteiger partial charge in [-0.1, -0.05) is 153 Å². The van der Waals surface area contributed by atoms with Gasteiger partial charge in [-0.15, -0.1) is 0 Å². The molecule has 0 fully saturated rings. The maximum atomic E-state index is 11.1. The first-order valence-corrected chi connectivity index (χ1v) is 24.4. The summed E-state index contributed by atoms with van der Waals surface area (Å²) in [7, 11) is 0. The van der Waals surface area contributed by atoms with Crippen molar-refractivity contribution in [3.63, 3.8) is 0 Å². The van der Waals surface area contributed by atoms with Crippen LogP contribution in [-0.4, -0.2) is 9.13 Å². The van der Waals surface area contributed by atoms with E-state index in [0.29, 0.717) is 44.8 Å². The number of allylic oxidation sites excluding steroid dienone is 4. The van der Waals surface area contributed by atoms with E-state index in [0.717, 1.165) is 83.4 Å². The normalized spacial score (nSPS) is 13.3. The van der Waals surface area contributed by atoms with Crippen LogP contribution in [0, 0.1) is 45.3 Å². The molecule has 0 aliphatic heterocycles. The van der Waals surface area contributed by atoms with Crippen molar-refractivity contribution in [3.05, 3.63) is 251 Å². The first-order valence-electron chi connectivity index (χ1n) is 24.4. The smallest absolute Gasteiger partial charge is 0.101 e. The van der Waals surface area contributed by atoms with E-state index in [4.69, 9.17) is 0 Å². The molecule has 1 aliphatic rings. The van der Waals surface area contributed by atoms with Gasteiger partial charge in [0.25, 0.3) is 0 Å². The molecule has 6 heteroatoms. The zero-order valence-corrected chi connectivity index (χ0v) is 40.2. The highest BCUT2D eigenvalue weighted by atomic mass is 15.0. The number of nitriles is 4. The Hall–Kier alpha value is -9.98. The van der Waals surface area contributed by atoms with Crippen LogP contribution in [0.4, 0.5) is 0 Å².